The molecule has 4 heteroatoms. The number of benzene rings is 2. The zero-order valence-electron chi connectivity index (χ0n) is 16.1. The predicted molar refractivity (Wildman–Crippen MR) is 106 cm³/mol. The van der Waals surface area contributed by atoms with Crippen molar-refractivity contribution in [2.24, 2.45) is 0 Å². The maximum absolute atomic E-state index is 13.2. The van der Waals surface area contributed by atoms with Gasteiger partial charge in [0.1, 0.15) is 0 Å². The number of terminal acetylenes is 1. The fraction of sp³-hybridized carbons (Fsp3) is 0.304. The van der Waals surface area contributed by atoms with E-state index in [-0.39, 0.29) is 18.7 Å². The Balaban J connectivity index is 2.07. The number of para-hydroxylation sites is 1. The summed E-state index contributed by atoms with van der Waals surface area (Å²) in [5.41, 5.74) is 3.46. The number of hydrogen-bond acceptors (Lipinski definition) is 3. The number of carbonyl (C=O) groups is 2. The minimum absolute atomic E-state index is 0.0496. The van der Waals surface area contributed by atoms with Crippen molar-refractivity contribution in [2.75, 3.05) is 11.4 Å². The van der Waals surface area contributed by atoms with Crippen molar-refractivity contribution < 1.29 is 14.7 Å². The number of anilines is 1. The molecular weight excluding hydrogens is 338 g/mol. The molecule has 0 saturated heterocycles. The molecule has 0 aliphatic carbocycles. The Morgan fingerprint density at radius 3 is 2.33 bits per heavy atom. The van der Waals surface area contributed by atoms with Crippen LogP contribution in [0.15, 0.2) is 30.3 Å². The molecule has 0 aromatic heterocycles. The molecule has 0 fully saturated rings. The maximum atomic E-state index is 13.2. The van der Waals surface area contributed by atoms with E-state index in [1.54, 1.807) is 24.3 Å². The van der Waals surface area contributed by atoms with Crippen LogP contribution in [-0.4, -0.2) is 23.3 Å². The van der Waals surface area contributed by atoms with Crippen LogP contribution in [0.25, 0.3) is 0 Å². The fourth-order valence-corrected chi connectivity index (χ4v) is 3.88. The van der Waals surface area contributed by atoms with Gasteiger partial charge in [-0.2, -0.15) is 0 Å². The van der Waals surface area contributed by atoms with Crippen LogP contribution in [0.1, 0.15) is 44.6 Å². The minimum Gasteiger partial charge on any atom is -0.375 e. The van der Waals surface area contributed by atoms with Gasteiger partial charge in [-0.15, -0.1) is 6.42 Å². The summed E-state index contributed by atoms with van der Waals surface area (Å²) in [6, 6.07) is 8.98. The molecule has 3 rings (SSSR count). The van der Waals surface area contributed by atoms with E-state index < -0.39 is 11.5 Å². The second kappa shape index (κ2) is 6.68. The Hall–Kier alpha value is -2.90. The van der Waals surface area contributed by atoms with Gasteiger partial charge in [0.05, 0.1) is 18.7 Å². The fourth-order valence-electron chi connectivity index (χ4n) is 3.88. The molecule has 1 aliphatic heterocycles. The van der Waals surface area contributed by atoms with Crippen molar-refractivity contribution in [1.29, 1.82) is 0 Å². The van der Waals surface area contributed by atoms with Crippen LogP contribution in [0.5, 0.6) is 0 Å². The lowest BCUT2D eigenvalue weighted by Gasteiger charge is -2.23. The molecule has 0 radical (unpaired) electrons. The molecule has 1 heterocycles. The number of aliphatic hydroxyl groups is 1. The summed E-state index contributed by atoms with van der Waals surface area (Å²) in [5.74, 6) is 1.65. The van der Waals surface area contributed by atoms with Gasteiger partial charge >= 0.3 is 0 Å². The first-order valence-corrected chi connectivity index (χ1v) is 8.90. The third-order valence-corrected chi connectivity index (χ3v) is 5.55. The van der Waals surface area contributed by atoms with Crippen LogP contribution in [0.4, 0.5) is 5.69 Å². The molecule has 2 aromatic carbocycles. The van der Waals surface area contributed by atoms with Gasteiger partial charge in [-0.05, 0) is 56.0 Å². The number of aryl methyl sites for hydroxylation is 2. The Labute approximate surface area is 159 Å². The molecule has 0 spiro atoms. The summed E-state index contributed by atoms with van der Waals surface area (Å²) < 4.78 is 0. The standard InChI is InChI=1S/C23H23NO3/c1-6-11-24-19-10-8-7-9-18(19)23(27,22(24)26)13-20(25)21-16(4)14(2)12-15(3)17(21)5/h1,7-10,12,27H,11,13H2,2-5H3/t23-/m0/s1. The third-order valence-electron chi connectivity index (χ3n) is 5.55. The quantitative estimate of drug-likeness (QED) is 0.671. The zero-order chi connectivity index (χ0) is 19.9. The van der Waals surface area contributed by atoms with Gasteiger partial charge in [-0.3, -0.25) is 14.5 Å². The van der Waals surface area contributed by atoms with Gasteiger partial charge in [0, 0.05) is 11.1 Å². The molecule has 1 N–H and O–H groups in total. The van der Waals surface area contributed by atoms with Gasteiger partial charge in [0.15, 0.2) is 11.4 Å². The molecule has 2 aromatic rings. The van der Waals surface area contributed by atoms with E-state index in [1.807, 2.05) is 33.8 Å². The van der Waals surface area contributed by atoms with Crippen molar-refractivity contribution in [2.45, 2.75) is 39.7 Å². The molecule has 4 nitrogen and oxygen atoms in total. The Morgan fingerprint density at radius 2 is 1.74 bits per heavy atom. The normalized spacial score (nSPS) is 18.4. The summed E-state index contributed by atoms with van der Waals surface area (Å²) in [5, 5.41) is 11.3. The molecule has 0 unspecified atom stereocenters. The number of ketones is 1. The monoisotopic (exact) mass is 361 g/mol. The molecule has 27 heavy (non-hydrogen) atoms. The summed E-state index contributed by atoms with van der Waals surface area (Å²) in [7, 11) is 0. The van der Waals surface area contributed by atoms with Crippen molar-refractivity contribution in [1.82, 2.24) is 0 Å². The molecular formula is C23H23NO3. The maximum Gasteiger partial charge on any atom is 0.265 e. The van der Waals surface area contributed by atoms with E-state index in [9.17, 15) is 14.7 Å². The molecule has 138 valence electrons. The molecule has 1 amide bonds. The molecule has 1 atom stereocenters. The van der Waals surface area contributed by atoms with E-state index in [1.165, 1.54) is 4.90 Å². The summed E-state index contributed by atoms with van der Waals surface area (Å²) in [6.07, 6.45) is 5.08. The number of rotatable bonds is 4. The first-order chi connectivity index (χ1) is 12.7. The lowest BCUT2D eigenvalue weighted by atomic mass is 9.84. The van der Waals surface area contributed by atoms with Gasteiger partial charge in [0.25, 0.3) is 5.91 Å². The van der Waals surface area contributed by atoms with Gasteiger partial charge in [-0.25, -0.2) is 0 Å². The lowest BCUT2D eigenvalue weighted by Crippen LogP contribution is -2.42. The number of carbonyl (C=O) groups excluding carboxylic acids is 2. The number of hydrogen-bond donors (Lipinski definition) is 1. The molecule has 1 aliphatic rings. The molecule has 0 bridgehead atoms. The molecule has 0 saturated carbocycles. The highest BCUT2D eigenvalue weighted by molar-refractivity contribution is 6.11. The van der Waals surface area contributed by atoms with Gasteiger partial charge in [-0.1, -0.05) is 30.2 Å². The Kier molecular flexibility index (Phi) is 4.67. The van der Waals surface area contributed by atoms with Crippen LogP contribution in [-0.2, 0) is 10.4 Å². The van der Waals surface area contributed by atoms with Gasteiger partial charge < -0.3 is 5.11 Å². The van der Waals surface area contributed by atoms with E-state index >= 15 is 0 Å². The van der Waals surface area contributed by atoms with Gasteiger partial charge in [0.2, 0.25) is 0 Å². The highest BCUT2D eigenvalue weighted by Gasteiger charge is 2.50. The highest BCUT2D eigenvalue weighted by atomic mass is 16.3. The van der Waals surface area contributed by atoms with Crippen LogP contribution < -0.4 is 4.90 Å². The lowest BCUT2D eigenvalue weighted by molar-refractivity contribution is -0.135. The van der Waals surface area contributed by atoms with Crippen molar-refractivity contribution in [3.8, 4) is 12.3 Å². The topological polar surface area (TPSA) is 57.6 Å². The number of nitrogens with zero attached hydrogens (tertiary/aromatic N) is 1. The Morgan fingerprint density at radius 1 is 1.15 bits per heavy atom. The van der Waals surface area contributed by atoms with Crippen LogP contribution in [0, 0.1) is 40.0 Å². The first kappa shape index (κ1) is 18.9. The zero-order valence-corrected chi connectivity index (χ0v) is 16.1. The van der Waals surface area contributed by atoms with Crippen molar-refractivity contribution in [3.05, 3.63) is 63.7 Å². The average molecular weight is 361 g/mol. The summed E-state index contributed by atoms with van der Waals surface area (Å²) >= 11 is 0. The van der Waals surface area contributed by atoms with E-state index in [0.717, 1.165) is 22.3 Å². The van der Waals surface area contributed by atoms with E-state index in [4.69, 9.17) is 6.42 Å². The van der Waals surface area contributed by atoms with Crippen LogP contribution >= 0.6 is 0 Å². The highest BCUT2D eigenvalue weighted by Crippen LogP contribution is 2.43. The van der Waals surface area contributed by atoms with Crippen LogP contribution in [0.2, 0.25) is 0 Å². The second-order valence-corrected chi connectivity index (χ2v) is 7.21. The smallest absolute Gasteiger partial charge is 0.265 e. The Bertz CT molecular complexity index is 973. The van der Waals surface area contributed by atoms with E-state index in [0.29, 0.717) is 16.8 Å². The predicted octanol–water partition coefficient (Wildman–Crippen LogP) is 3.36. The van der Waals surface area contributed by atoms with Crippen LogP contribution in [0.3, 0.4) is 0 Å². The first-order valence-electron chi connectivity index (χ1n) is 8.90. The largest absolute Gasteiger partial charge is 0.375 e. The summed E-state index contributed by atoms with van der Waals surface area (Å²) in [6.45, 7) is 7.76. The third kappa shape index (κ3) is 2.85. The van der Waals surface area contributed by atoms with Crippen molar-refractivity contribution >= 4 is 17.4 Å². The summed E-state index contributed by atoms with van der Waals surface area (Å²) in [4.78, 5) is 27.5. The minimum atomic E-state index is -1.90. The van der Waals surface area contributed by atoms with E-state index in [2.05, 4.69) is 5.92 Å². The number of fused-ring (bicyclic) bond motifs is 1. The van der Waals surface area contributed by atoms with Crippen molar-refractivity contribution in [3.63, 3.8) is 0 Å². The average Bonchev–Trinajstić information content (AvgIpc) is 2.83. The number of amides is 1. The SMILES string of the molecule is C#CCN1C(=O)[C@](O)(CC(=O)c2c(C)c(C)cc(C)c2C)c2ccccc21. The number of Topliss-reactive ketones (excluding diaryl/α,β-unsaturated/α-hetero) is 1. The second-order valence-electron chi connectivity index (χ2n) is 7.21.